The molecule has 0 spiro atoms. The largest absolute Gasteiger partial charge is 0.480 e. The number of aryl methyl sites for hydroxylation is 1. The summed E-state index contributed by atoms with van der Waals surface area (Å²) in [6, 6.07) is 0.722. The van der Waals surface area contributed by atoms with Crippen LogP contribution in [0.3, 0.4) is 0 Å². The minimum Gasteiger partial charge on any atom is -0.480 e. The molecule has 1 atom stereocenters. The Labute approximate surface area is 110 Å². The zero-order valence-corrected chi connectivity index (χ0v) is 11.3. The fourth-order valence-electron chi connectivity index (χ4n) is 1.50. The number of carbonyl (C=O) groups excluding carboxylic acids is 1. The molecule has 0 aliphatic rings. The normalized spacial score (nSPS) is 11.9. The van der Waals surface area contributed by atoms with Crippen molar-refractivity contribution in [3.05, 3.63) is 21.9 Å². The average Bonchev–Trinajstić information content (AvgIpc) is 2.71. The Morgan fingerprint density at radius 1 is 1.50 bits per heavy atom. The lowest BCUT2D eigenvalue weighted by Crippen LogP contribution is -2.45. The van der Waals surface area contributed by atoms with Crippen LogP contribution >= 0.6 is 11.3 Å². The Balaban J connectivity index is 2.41. The molecule has 100 valence electrons. The number of hydrogen-bond donors (Lipinski definition) is 3. The molecule has 5 nitrogen and oxygen atoms in total. The SMILES string of the molecule is CCC[C@@H](NC(=O)NCc1sccc1C)C(=O)O. The van der Waals surface area contributed by atoms with Crippen LogP contribution in [-0.4, -0.2) is 23.1 Å². The molecule has 0 fully saturated rings. The smallest absolute Gasteiger partial charge is 0.326 e. The predicted octanol–water partition coefficient (Wildman–Crippen LogP) is 2.11. The van der Waals surface area contributed by atoms with Crippen LogP contribution in [0.25, 0.3) is 0 Å². The molecule has 1 aromatic heterocycles. The zero-order chi connectivity index (χ0) is 13.5. The van der Waals surface area contributed by atoms with Crippen molar-refractivity contribution in [2.24, 2.45) is 0 Å². The van der Waals surface area contributed by atoms with E-state index < -0.39 is 18.0 Å². The maximum atomic E-state index is 11.6. The number of rotatable bonds is 6. The molecule has 0 unspecified atom stereocenters. The number of amides is 2. The van der Waals surface area contributed by atoms with E-state index in [0.717, 1.165) is 10.4 Å². The summed E-state index contributed by atoms with van der Waals surface area (Å²) in [6.07, 6.45) is 1.14. The van der Waals surface area contributed by atoms with Crippen LogP contribution in [0, 0.1) is 6.92 Å². The molecule has 6 heteroatoms. The molecule has 0 bridgehead atoms. The fraction of sp³-hybridized carbons (Fsp3) is 0.500. The van der Waals surface area contributed by atoms with Gasteiger partial charge in [0, 0.05) is 4.88 Å². The second kappa shape index (κ2) is 7.00. The first kappa shape index (κ1) is 14.5. The van der Waals surface area contributed by atoms with E-state index in [-0.39, 0.29) is 0 Å². The number of carboxylic acid groups (broad SMARTS) is 1. The van der Waals surface area contributed by atoms with Crippen LogP contribution in [0.4, 0.5) is 4.79 Å². The van der Waals surface area contributed by atoms with Gasteiger partial charge in [-0.15, -0.1) is 11.3 Å². The summed E-state index contributed by atoms with van der Waals surface area (Å²) in [5.74, 6) is -1.00. The van der Waals surface area contributed by atoms with Gasteiger partial charge >= 0.3 is 12.0 Å². The van der Waals surface area contributed by atoms with Crippen molar-refractivity contribution in [1.82, 2.24) is 10.6 Å². The van der Waals surface area contributed by atoms with Gasteiger partial charge in [-0.2, -0.15) is 0 Å². The van der Waals surface area contributed by atoms with Crippen LogP contribution in [-0.2, 0) is 11.3 Å². The van der Waals surface area contributed by atoms with Crippen LogP contribution in [0.2, 0.25) is 0 Å². The van der Waals surface area contributed by atoms with E-state index in [4.69, 9.17) is 5.11 Å². The first-order valence-corrected chi connectivity index (χ1v) is 6.72. The maximum Gasteiger partial charge on any atom is 0.326 e. The summed E-state index contributed by atoms with van der Waals surface area (Å²) in [5, 5.41) is 16.0. The number of carboxylic acids is 1. The monoisotopic (exact) mass is 270 g/mol. The van der Waals surface area contributed by atoms with Crippen molar-refractivity contribution in [1.29, 1.82) is 0 Å². The molecule has 2 amide bonds. The Bertz CT molecular complexity index is 417. The van der Waals surface area contributed by atoms with Gasteiger partial charge < -0.3 is 15.7 Å². The lowest BCUT2D eigenvalue weighted by Gasteiger charge is -2.14. The Morgan fingerprint density at radius 2 is 2.22 bits per heavy atom. The molecule has 1 rings (SSSR count). The molecule has 0 saturated carbocycles. The van der Waals surface area contributed by atoms with Gasteiger partial charge in [-0.05, 0) is 30.4 Å². The van der Waals surface area contributed by atoms with Crippen molar-refractivity contribution in [2.45, 2.75) is 39.3 Å². The molecular weight excluding hydrogens is 252 g/mol. The number of carbonyl (C=O) groups is 2. The topological polar surface area (TPSA) is 78.4 Å². The molecule has 0 radical (unpaired) electrons. The van der Waals surface area contributed by atoms with E-state index in [1.807, 2.05) is 25.3 Å². The summed E-state index contributed by atoms with van der Waals surface area (Å²) < 4.78 is 0. The summed E-state index contributed by atoms with van der Waals surface area (Å²) in [4.78, 5) is 23.5. The lowest BCUT2D eigenvalue weighted by atomic mass is 10.2. The van der Waals surface area contributed by atoms with Gasteiger partial charge in [-0.1, -0.05) is 13.3 Å². The minimum atomic E-state index is -1.00. The molecule has 0 aliphatic carbocycles. The first-order valence-electron chi connectivity index (χ1n) is 5.84. The second-order valence-corrected chi connectivity index (χ2v) is 5.03. The fourth-order valence-corrected chi connectivity index (χ4v) is 2.35. The molecule has 1 heterocycles. The summed E-state index contributed by atoms with van der Waals surface area (Å²) in [7, 11) is 0. The highest BCUT2D eigenvalue weighted by Gasteiger charge is 2.18. The van der Waals surface area contributed by atoms with Crippen molar-refractivity contribution in [3.8, 4) is 0 Å². The van der Waals surface area contributed by atoms with Crippen LogP contribution in [0.1, 0.15) is 30.2 Å². The Morgan fingerprint density at radius 3 is 2.72 bits per heavy atom. The number of urea groups is 1. The van der Waals surface area contributed by atoms with Gasteiger partial charge in [-0.25, -0.2) is 9.59 Å². The second-order valence-electron chi connectivity index (χ2n) is 4.03. The van der Waals surface area contributed by atoms with Crippen molar-refractivity contribution in [2.75, 3.05) is 0 Å². The highest BCUT2D eigenvalue weighted by molar-refractivity contribution is 7.10. The number of hydrogen-bond acceptors (Lipinski definition) is 3. The van der Waals surface area contributed by atoms with E-state index in [1.54, 1.807) is 11.3 Å². The van der Waals surface area contributed by atoms with E-state index in [1.165, 1.54) is 0 Å². The predicted molar refractivity (Wildman–Crippen MR) is 70.8 cm³/mol. The standard InChI is InChI=1S/C12H18N2O3S/c1-3-4-9(11(15)16)14-12(17)13-7-10-8(2)5-6-18-10/h5-6,9H,3-4,7H2,1-2H3,(H,15,16)(H2,13,14,17)/t9-/m1/s1. The molecule has 1 aromatic rings. The molecule has 0 aromatic carbocycles. The summed E-state index contributed by atoms with van der Waals surface area (Å²) in [6.45, 7) is 4.28. The van der Waals surface area contributed by atoms with Gasteiger partial charge in [0.1, 0.15) is 6.04 Å². The minimum absolute atomic E-state index is 0.424. The van der Waals surface area contributed by atoms with Crippen molar-refractivity contribution in [3.63, 3.8) is 0 Å². The average molecular weight is 270 g/mol. The zero-order valence-electron chi connectivity index (χ0n) is 10.5. The Kier molecular flexibility index (Phi) is 5.64. The highest BCUT2D eigenvalue weighted by atomic mass is 32.1. The number of aliphatic carboxylic acids is 1. The number of thiophene rings is 1. The molecule has 0 saturated heterocycles. The summed E-state index contributed by atoms with van der Waals surface area (Å²) in [5.41, 5.74) is 1.13. The van der Waals surface area contributed by atoms with Crippen LogP contribution in [0.15, 0.2) is 11.4 Å². The third-order valence-corrected chi connectivity index (χ3v) is 3.58. The van der Waals surface area contributed by atoms with E-state index >= 15 is 0 Å². The molecular formula is C12H18N2O3S. The van der Waals surface area contributed by atoms with Gasteiger partial charge in [0.25, 0.3) is 0 Å². The van der Waals surface area contributed by atoms with Crippen molar-refractivity contribution >= 4 is 23.3 Å². The van der Waals surface area contributed by atoms with E-state index in [9.17, 15) is 9.59 Å². The van der Waals surface area contributed by atoms with Gasteiger partial charge in [0.2, 0.25) is 0 Å². The van der Waals surface area contributed by atoms with Crippen LogP contribution in [0.5, 0.6) is 0 Å². The lowest BCUT2D eigenvalue weighted by molar-refractivity contribution is -0.139. The third-order valence-electron chi connectivity index (χ3n) is 2.56. The first-order chi connectivity index (χ1) is 8.54. The van der Waals surface area contributed by atoms with E-state index in [2.05, 4.69) is 10.6 Å². The maximum absolute atomic E-state index is 11.6. The number of nitrogens with one attached hydrogen (secondary N) is 2. The Hall–Kier alpha value is -1.56. The molecule has 3 N–H and O–H groups in total. The third kappa shape index (κ3) is 4.37. The molecule has 18 heavy (non-hydrogen) atoms. The quantitative estimate of drug-likeness (QED) is 0.740. The van der Waals surface area contributed by atoms with Crippen LogP contribution < -0.4 is 10.6 Å². The van der Waals surface area contributed by atoms with Gasteiger partial charge in [0.15, 0.2) is 0 Å². The molecule has 0 aliphatic heterocycles. The van der Waals surface area contributed by atoms with Gasteiger partial charge in [-0.3, -0.25) is 0 Å². The van der Waals surface area contributed by atoms with Gasteiger partial charge in [0.05, 0.1) is 6.54 Å². The van der Waals surface area contributed by atoms with Crippen molar-refractivity contribution < 1.29 is 14.7 Å². The summed E-state index contributed by atoms with van der Waals surface area (Å²) >= 11 is 1.57. The van der Waals surface area contributed by atoms with E-state index in [0.29, 0.717) is 19.4 Å². The highest BCUT2D eigenvalue weighted by Crippen LogP contribution is 2.14.